The van der Waals surface area contributed by atoms with Crippen molar-refractivity contribution in [1.29, 1.82) is 0 Å². The highest BCUT2D eigenvalue weighted by atomic mass is 16.5. The first-order chi connectivity index (χ1) is 22.0. The average molecular weight is 647 g/mol. The van der Waals surface area contributed by atoms with Crippen LogP contribution in [0.4, 0.5) is 0 Å². The van der Waals surface area contributed by atoms with Crippen LogP contribution < -0.4 is 14.2 Å². The Kier molecular flexibility index (Phi) is 21.6. The molecule has 0 spiro atoms. The molecule has 3 aromatic carbocycles. The van der Waals surface area contributed by atoms with Crippen LogP contribution in [-0.2, 0) is 9.47 Å². The number of methoxy groups -OCH3 is 4. The van der Waals surface area contributed by atoms with Crippen molar-refractivity contribution >= 4 is 0 Å². The topological polar surface area (TPSA) is 127 Å². The number of benzene rings is 3. The number of hydrogen-bond acceptors (Lipinski definition) is 9. The Morgan fingerprint density at radius 3 is 1.65 bits per heavy atom. The molecule has 0 aliphatic rings. The highest BCUT2D eigenvalue weighted by Gasteiger charge is 2.24. The standard InChI is InChI=1S/C22H30O8.C11H16O.2C2H6/c1-13-5-6-15(10-19(13)27-2)22(29-4)17(25)12-30-18-8-7-14(9-20(18)28-3)21(26)16(24)11-23;1-8-5-6-11(7-9(8)2)10(3)12-4;2*1-2/h5-10,16-17,21-26H,11-12H2,1-4H3;5-7,10H,1-4H3;2*1-2H3. The van der Waals surface area contributed by atoms with E-state index in [1.807, 2.05) is 52.8 Å². The van der Waals surface area contributed by atoms with Crippen molar-refractivity contribution in [3.8, 4) is 17.2 Å². The van der Waals surface area contributed by atoms with Crippen molar-refractivity contribution in [3.63, 3.8) is 0 Å². The van der Waals surface area contributed by atoms with Crippen molar-refractivity contribution in [2.24, 2.45) is 0 Å². The molecule has 0 radical (unpaired) electrons. The van der Waals surface area contributed by atoms with Gasteiger partial charge in [0.1, 0.15) is 36.8 Å². The van der Waals surface area contributed by atoms with Crippen LogP contribution in [-0.4, -0.2) is 74.3 Å². The predicted octanol–water partition coefficient (Wildman–Crippen LogP) is 6.59. The van der Waals surface area contributed by atoms with Crippen LogP contribution in [0.1, 0.15) is 86.3 Å². The highest BCUT2D eigenvalue weighted by molar-refractivity contribution is 5.44. The van der Waals surface area contributed by atoms with E-state index in [1.54, 1.807) is 26.4 Å². The summed E-state index contributed by atoms with van der Waals surface area (Å²) in [6, 6.07) is 16.6. The normalized spacial score (nSPS) is 13.6. The van der Waals surface area contributed by atoms with Gasteiger partial charge in [0.15, 0.2) is 11.5 Å². The molecule has 4 N–H and O–H groups in total. The molecule has 5 atom stereocenters. The first-order valence-corrected chi connectivity index (χ1v) is 15.7. The second-order valence-electron chi connectivity index (χ2n) is 10.1. The summed E-state index contributed by atoms with van der Waals surface area (Å²) in [5.74, 6) is 1.36. The number of ether oxygens (including phenoxy) is 5. The van der Waals surface area contributed by atoms with E-state index in [1.165, 1.54) is 37.0 Å². The van der Waals surface area contributed by atoms with E-state index < -0.39 is 31.0 Å². The Bertz CT molecular complexity index is 1250. The monoisotopic (exact) mass is 646 g/mol. The summed E-state index contributed by atoms with van der Waals surface area (Å²) in [5.41, 5.74) is 6.00. The maximum absolute atomic E-state index is 10.6. The maximum atomic E-state index is 10.6. The van der Waals surface area contributed by atoms with Gasteiger partial charge in [-0.1, -0.05) is 64.1 Å². The van der Waals surface area contributed by atoms with E-state index in [0.29, 0.717) is 22.8 Å². The van der Waals surface area contributed by atoms with Gasteiger partial charge in [0.05, 0.1) is 26.9 Å². The van der Waals surface area contributed by atoms with Gasteiger partial charge in [-0.2, -0.15) is 0 Å². The van der Waals surface area contributed by atoms with E-state index in [4.69, 9.17) is 28.8 Å². The molecule has 0 amide bonds. The molecule has 3 rings (SSSR count). The number of aliphatic hydroxyl groups is 4. The first kappa shape index (κ1) is 42.8. The minimum absolute atomic E-state index is 0.0772. The zero-order valence-electron chi connectivity index (χ0n) is 29.8. The molecule has 0 saturated heterocycles. The van der Waals surface area contributed by atoms with Crippen LogP contribution in [0.25, 0.3) is 0 Å². The molecule has 0 fully saturated rings. The van der Waals surface area contributed by atoms with Gasteiger partial charge < -0.3 is 44.1 Å². The van der Waals surface area contributed by atoms with Crippen molar-refractivity contribution in [2.75, 3.05) is 41.7 Å². The van der Waals surface area contributed by atoms with Gasteiger partial charge >= 0.3 is 0 Å². The Morgan fingerprint density at radius 2 is 1.13 bits per heavy atom. The fourth-order valence-corrected chi connectivity index (χ4v) is 4.25. The van der Waals surface area contributed by atoms with Gasteiger partial charge in [-0.3, -0.25) is 0 Å². The van der Waals surface area contributed by atoms with Crippen LogP contribution in [0.2, 0.25) is 0 Å². The molecule has 0 saturated carbocycles. The van der Waals surface area contributed by atoms with E-state index in [-0.39, 0.29) is 12.7 Å². The molecule has 9 heteroatoms. The Labute approximate surface area is 276 Å². The molecule has 9 nitrogen and oxygen atoms in total. The minimum atomic E-state index is -1.31. The quantitative estimate of drug-likeness (QED) is 0.163. The molecular weight excluding hydrogens is 588 g/mol. The highest BCUT2D eigenvalue weighted by Crippen LogP contribution is 2.33. The molecule has 0 heterocycles. The van der Waals surface area contributed by atoms with Crippen molar-refractivity contribution in [1.82, 2.24) is 0 Å². The molecule has 260 valence electrons. The van der Waals surface area contributed by atoms with Crippen LogP contribution in [0.15, 0.2) is 54.6 Å². The molecule has 0 bridgehead atoms. The van der Waals surface area contributed by atoms with E-state index in [0.717, 1.165) is 11.1 Å². The number of hydrogen-bond donors (Lipinski definition) is 4. The average Bonchev–Trinajstić information content (AvgIpc) is 3.10. The second-order valence-corrected chi connectivity index (χ2v) is 10.1. The van der Waals surface area contributed by atoms with Gasteiger partial charge in [-0.25, -0.2) is 0 Å². The molecule has 3 aromatic rings. The van der Waals surface area contributed by atoms with Crippen LogP contribution in [0.5, 0.6) is 17.2 Å². The molecule has 46 heavy (non-hydrogen) atoms. The summed E-state index contributed by atoms with van der Waals surface area (Å²) in [7, 11) is 6.26. The Morgan fingerprint density at radius 1 is 0.587 bits per heavy atom. The third-order valence-electron chi connectivity index (χ3n) is 7.21. The minimum Gasteiger partial charge on any atom is -0.496 e. The van der Waals surface area contributed by atoms with Gasteiger partial charge in [0, 0.05) is 14.2 Å². The van der Waals surface area contributed by atoms with Crippen molar-refractivity contribution < 1.29 is 44.1 Å². The SMILES string of the molecule is CC.CC.COC(C)c1ccc(C)c(C)c1.COc1cc(C(OC)C(O)COc2ccc(C(O)C(O)CO)cc2OC)ccc1C. The van der Waals surface area contributed by atoms with Crippen LogP contribution in [0.3, 0.4) is 0 Å². The number of rotatable bonds is 13. The maximum Gasteiger partial charge on any atom is 0.161 e. The lowest BCUT2D eigenvalue weighted by molar-refractivity contribution is -0.0346. The number of aliphatic hydroxyl groups excluding tert-OH is 4. The third kappa shape index (κ3) is 12.9. The number of aryl methyl sites for hydroxylation is 3. The van der Waals surface area contributed by atoms with E-state index >= 15 is 0 Å². The largest absolute Gasteiger partial charge is 0.496 e. The predicted molar refractivity (Wildman–Crippen MR) is 184 cm³/mol. The Hall–Kier alpha value is -3.18. The third-order valence-corrected chi connectivity index (χ3v) is 7.21. The Balaban J connectivity index is 0.00000105. The van der Waals surface area contributed by atoms with Crippen LogP contribution >= 0.6 is 0 Å². The summed E-state index contributed by atoms with van der Waals surface area (Å²) in [6.07, 6.45) is -3.99. The van der Waals surface area contributed by atoms with Gasteiger partial charge in [0.25, 0.3) is 0 Å². The molecule has 0 aromatic heterocycles. The van der Waals surface area contributed by atoms with Crippen molar-refractivity contribution in [2.45, 2.75) is 85.9 Å². The zero-order valence-corrected chi connectivity index (χ0v) is 29.8. The van der Waals surface area contributed by atoms with Gasteiger partial charge in [0.2, 0.25) is 0 Å². The lowest BCUT2D eigenvalue weighted by Crippen LogP contribution is -2.27. The first-order valence-electron chi connectivity index (χ1n) is 15.7. The van der Waals surface area contributed by atoms with Gasteiger partial charge in [-0.05, 0) is 79.3 Å². The summed E-state index contributed by atoms with van der Waals surface area (Å²) < 4.78 is 27.0. The fourth-order valence-electron chi connectivity index (χ4n) is 4.25. The zero-order chi connectivity index (χ0) is 35.4. The lowest BCUT2D eigenvalue weighted by atomic mass is 10.0. The second kappa shape index (κ2) is 23.2. The molecule has 5 unspecified atom stereocenters. The molecule has 0 aliphatic heterocycles. The van der Waals surface area contributed by atoms with Crippen LogP contribution in [0, 0.1) is 20.8 Å². The lowest BCUT2D eigenvalue weighted by Gasteiger charge is -2.24. The smallest absolute Gasteiger partial charge is 0.161 e. The summed E-state index contributed by atoms with van der Waals surface area (Å²) in [5, 5.41) is 39.3. The summed E-state index contributed by atoms with van der Waals surface area (Å²) in [6.45, 7) is 15.6. The van der Waals surface area contributed by atoms with Crippen molar-refractivity contribution in [3.05, 3.63) is 88.0 Å². The molecular formula is C37H58O9. The fraction of sp³-hybridized carbons (Fsp3) is 0.514. The van der Waals surface area contributed by atoms with E-state index in [9.17, 15) is 15.3 Å². The summed E-state index contributed by atoms with van der Waals surface area (Å²) in [4.78, 5) is 0. The molecule has 0 aliphatic carbocycles. The summed E-state index contributed by atoms with van der Waals surface area (Å²) >= 11 is 0. The van der Waals surface area contributed by atoms with E-state index in [2.05, 4.69) is 39.0 Å². The van der Waals surface area contributed by atoms with Gasteiger partial charge in [-0.15, -0.1) is 0 Å².